The number of aromatic nitrogens is 4. The highest BCUT2D eigenvalue weighted by Crippen LogP contribution is 2.40. The smallest absolute Gasteiger partial charge is 0.334 e. The normalized spacial score (nSPS) is 16.6. The van der Waals surface area contributed by atoms with E-state index in [0.717, 1.165) is 49.4 Å². The number of methoxy groups -OCH3 is 1. The second kappa shape index (κ2) is 10.3. The van der Waals surface area contributed by atoms with Crippen molar-refractivity contribution in [1.82, 2.24) is 24.0 Å². The molecule has 2 aromatic carbocycles. The summed E-state index contributed by atoms with van der Waals surface area (Å²) in [5.41, 5.74) is 3.73. The third kappa shape index (κ3) is 4.38. The van der Waals surface area contributed by atoms with E-state index in [0.29, 0.717) is 47.5 Å². The van der Waals surface area contributed by atoms with Crippen LogP contribution in [0.2, 0.25) is 0 Å². The highest BCUT2D eigenvalue weighted by molar-refractivity contribution is 6.02. The summed E-state index contributed by atoms with van der Waals surface area (Å²) >= 11 is 0. The maximum atomic E-state index is 14.5. The fourth-order valence-electron chi connectivity index (χ4n) is 6.11. The number of nitrogens with zero attached hydrogens (tertiary/aromatic N) is 6. The predicted molar refractivity (Wildman–Crippen MR) is 159 cm³/mol. The largest absolute Gasteiger partial charge is 0.494 e. The quantitative estimate of drug-likeness (QED) is 0.310. The van der Waals surface area contributed by atoms with Crippen molar-refractivity contribution in [2.24, 2.45) is 0 Å². The minimum Gasteiger partial charge on any atom is -0.494 e. The third-order valence-electron chi connectivity index (χ3n) is 8.38. The average molecular weight is 571 g/mol. The summed E-state index contributed by atoms with van der Waals surface area (Å²) < 4.78 is 23.4. The van der Waals surface area contributed by atoms with Gasteiger partial charge in [-0.05, 0) is 56.1 Å². The van der Waals surface area contributed by atoms with E-state index in [-0.39, 0.29) is 17.5 Å². The Morgan fingerprint density at radius 1 is 1.14 bits per heavy atom. The van der Waals surface area contributed by atoms with Crippen LogP contribution in [-0.2, 0) is 17.8 Å². The number of aryl methyl sites for hydroxylation is 2. The van der Waals surface area contributed by atoms with Crippen LogP contribution >= 0.6 is 0 Å². The lowest BCUT2D eigenvalue weighted by molar-refractivity contribution is -0.111. The second-order valence-electron chi connectivity index (χ2n) is 10.9. The Morgan fingerprint density at radius 3 is 2.71 bits per heavy atom. The predicted octanol–water partition coefficient (Wildman–Crippen LogP) is 3.44. The first-order valence-corrected chi connectivity index (χ1v) is 14.1. The summed E-state index contributed by atoms with van der Waals surface area (Å²) in [5.74, 6) is 0.336. The molecule has 12 heteroatoms. The summed E-state index contributed by atoms with van der Waals surface area (Å²) in [4.78, 5) is 39.4. The number of anilines is 4. The van der Waals surface area contributed by atoms with E-state index in [1.807, 2.05) is 6.07 Å². The van der Waals surface area contributed by atoms with Gasteiger partial charge in [0.05, 0.1) is 35.2 Å². The number of rotatable bonds is 8. The number of carbonyl (C=O) groups excluding carboxylic acids is 1. The molecule has 4 aromatic rings. The first kappa shape index (κ1) is 26.2. The molecule has 0 radical (unpaired) electrons. The fraction of sp³-hybridized carbons (Fsp3) is 0.333. The topological polar surface area (TPSA) is 110 Å². The van der Waals surface area contributed by atoms with Crippen molar-refractivity contribution < 1.29 is 13.9 Å². The Hall–Kier alpha value is -4.71. The Morgan fingerprint density at radius 2 is 1.98 bits per heavy atom. The van der Waals surface area contributed by atoms with Crippen LogP contribution in [-0.4, -0.2) is 69.2 Å². The number of halogens is 1. The Bertz CT molecular complexity index is 1790. The average Bonchev–Trinajstić information content (AvgIpc) is 3.22. The molecule has 7 rings (SSSR count). The first-order valence-electron chi connectivity index (χ1n) is 14.1. The number of hydrogen-bond donors (Lipinski definition) is 2. The van der Waals surface area contributed by atoms with Crippen molar-refractivity contribution in [2.75, 3.05) is 48.8 Å². The van der Waals surface area contributed by atoms with Gasteiger partial charge in [-0.25, -0.2) is 18.7 Å². The Kier molecular flexibility index (Phi) is 6.42. The lowest BCUT2D eigenvalue weighted by atomic mass is 10.0. The van der Waals surface area contributed by atoms with Crippen LogP contribution in [0.25, 0.3) is 16.9 Å². The molecule has 3 aliphatic rings. The van der Waals surface area contributed by atoms with Crippen LogP contribution < -0.4 is 26.0 Å². The van der Waals surface area contributed by atoms with Gasteiger partial charge in [-0.3, -0.25) is 14.3 Å². The zero-order valence-electron chi connectivity index (χ0n) is 23.3. The van der Waals surface area contributed by atoms with Gasteiger partial charge in [0, 0.05) is 50.1 Å². The van der Waals surface area contributed by atoms with Crippen LogP contribution in [0.15, 0.2) is 54.0 Å². The number of ether oxygens (including phenoxy) is 1. The number of hydrogen-bond acceptors (Lipinski definition) is 8. The molecule has 0 bridgehead atoms. The molecule has 42 heavy (non-hydrogen) atoms. The van der Waals surface area contributed by atoms with E-state index in [4.69, 9.17) is 4.74 Å². The van der Waals surface area contributed by atoms with Gasteiger partial charge in [0.2, 0.25) is 11.9 Å². The van der Waals surface area contributed by atoms with Gasteiger partial charge < -0.3 is 20.3 Å². The van der Waals surface area contributed by atoms with Gasteiger partial charge in [0.15, 0.2) is 0 Å². The highest BCUT2D eigenvalue weighted by Gasteiger charge is 2.36. The summed E-state index contributed by atoms with van der Waals surface area (Å²) in [7, 11) is 1.57. The van der Waals surface area contributed by atoms with Crippen LogP contribution in [0.3, 0.4) is 0 Å². The molecule has 5 heterocycles. The molecule has 0 unspecified atom stereocenters. The molecular formula is C30H31FN8O3. The lowest BCUT2D eigenvalue weighted by Crippen LogP contribution is -2.63. The maximum Gasteiger partial charge on any atom is 0.334 e. The molecule has 2 N–H and O–H groups in total. The van der Waals surface area contributed by atoms with Gasteiger partial charge in [0.1, 0.15) is 17.4 Å². The molecule has 0 saturated carbocycles. The van der Waals surface area contributed by atoms with Crippen LogP contribution in [0, 0.1) is 5.82 Å². The number of nitrogens with one attached hydrogen (secondary N) is 2. The van der Waals surface area contributed by atoms with Crippen molar-refractivity contribution >= 4 is 40.0 Å². The minimum absolute atomic E-state index is 0.209. The van der Waals surface area contributed by atoms with Crippen molar-refractivity contribution in [2.45, 2.75) is 31.8 Å². The molecular weight excluding hydrogens is 539 g/mol. The molecule has 0 aliphatic carbocycles. The molecule has 1 amide bonds. The molecule has 11 nitrogen and oxygen atoms in total. The monoisotopic (exact) mass is 570 g/mol. The highest BCUT2D eigenvalue weighted by atomic mass is 19.1. The van der Waals surface area contributed by atoms with Gasteiger partial charge in [0.25, 0.3) is 0 Å². The molecule has 3 aliphatic heterocycles. The first-order chi connectivity index (χ1) is 20.4. The molecule has 2 saturated heterocycles. The maximum absolute atomic E-state index is 14.5. The van der Waals surface area contributed by atoms with Crippen LogP contribution in [0.1, 0.15) is 18.4 Å². The van der Waals surface area contributed by atoms with Crippen molar-refractivity contribution in [3.63, 3.8) is 0 Å². The summed E-state index contributed by atoms with van der Waals surface area (Å²) in [6.07, 6.45) is 5.49. The number of carbonyl (C=O) groups is 1. The van der Waals surface area contributed by atoms with E-state index in [1.54, 1.807) is 23.8 Å². The molecule has 216 valence electrons. The molecule has 0 spiro atoms. The minimum atomic E-state index is -0.393. The summed E-state index contributed by atoms with van der Waals surface area (Å²) in [6, 6.07) is 8.66. The summed E-state index contributed by atoms with van der Waals surface area (Å²) in [5, 5.41) is 6.11. The second-order valence-corrected chi connectivity index (χ2v) is 10.9. The van der Waals surface area contributed by atoms with Crippen molar-refractivity contribution in [3.8, 4) is 11.6 Å². The van der Waals surface area contributed by atoms with E-state index in [1.165, 1.54) is 35.4 Å². The third-order valence-corrected chi connectivity index (χ3v) is 8.38. The number of imidazole rings is 1. The Labute approximate surface area is 241 Å². The van der Waals surface area contributed by atoms with Gasteiger partial charge in [-0.2, -0.15) is 4.98 Å². The van der Waals surface area contributed by atoms with Gasteiger partial charge in [-0.1, -0.05) is 6.58 Å². The van der Waals surface area contributed by atoms with E-state index in [2.05, 4.69) is 37.0 Å². The zero-order valence-corrected chi connectivity index (χ0v) is 23.3. The summed E-state index contributed by atoms with van der Waals surface area (Å²) in [6.45, 7) is 8.14. The van der Waals surface area contributed by atoms with Crippen molar-refractivity contribution in [1.29, 1.82) is 0 Å². The van der Waals surface area contributed by atoms with Crippen LogP contribution in [0.5, 0.6) is 5.75 Å². The lowest BCUT2D eigenvalue weighted by Gasteiger charge is -2.50. The molecule has 0 atom stereocenters. The molecule has 2 aromatic heterocycles. The van der Waals surface area contributed by atoms with Gasteiger partial charge >= 0.3 is 5.69 Å². The van der Waals surface area contributed by atoms with E-state index >= 15 is 0 Å². The standard InChI is InChI=1S/C30H31FN8O3/c1-3-27(40)33-21-14-22(25(42-2)15-23(21)37-16-20(17-37)36-9-5-10-36)34-29-32-8-7-26(35-29)39-24-13-19(31)12-18-6-4-11-38(28(18)24)30(39)41/h3,7-8,12-15,20H,1,4-6,9-11,16-17H2,2H3,(H,33,40)(H,32,34,35). The number of likely N-dealkylation sites (tertiary alicyclic amines) is 1. The Balaban J connectivity index is 1.24. The van der Waals surface area contributed by atoms with E-state index in [9.17, 15) is 14.0 Å². The SMILES string of the molecule is C=CC(=O)Nc1cc(Nc2nccc(-n3c(=O)n4c5c(cc(F)cc53)CCC4)n2)c(OC)cc1N1CC(N2CCC2)C1. The molecule has 2 fully saturated rings. The number of benzene rings is 2. The van der Waals surface area contributed by atoms with Crippen molar-refractivity contribution in [3.05, 3.63) is 71.0 Å². The van der Waals surface area contributed by atoms with Crippen LogP contribution in [0.4, 0.5) is 27.4 Å². The van der Waals surface area contributed by atoms with Gasteiger partial charge in [-0.15, -0.1) is 0 Å². The number of amides is 1. The fourth-order valence-corrected chi connectivity index (χ4v) is 6.11. The zero-order chi connectivity index (χ0) is 29.0. The van der Waals surface area contributed by atoms with E-state index < -0.39 is 5.82 Å².